The Kier molecular flexibility index (Phi) is 12.1. The van der Waals surface area contributed by atoms with Crippen molar-refractivity contribution in [1.82, 2.24) is 4.90 Å². The molecule has 13 heteroatoms. The quantitative estimate of drug-likeness (QED) is 0.307. The van der Waals surface area contributed by atoms with E-state index in [9.17, 15) is 18.0 Å². The van der Waals surface area contributed by atoms with Crippen LogP contribution in [-0.4, -0.2) is 72.7 Å². The van der Waals surface area contributed by atoms with Crippen LogP contribution in [0, 0.1) is 0 Å². The number of amides is 1. The Balaban J connectivity index is 0.000000798. The van der Waals surface area contributed by atoms with Crippen molar-refractivity contribution in [2.24, 2.45) is 0 Å². The Morgan fingerprint density at radius 3 is 2.26 bits per heavy atom. The molecule has 1 aliphatic heterocycles. The lowest BCUT2D eigenvalue weighted by atomic mass is 10.1. The summed E-state index contributed by atoms with van der Waals surface area (Å²) >= 11 is 0. The van der Waals surface area contributed by atoms with E-state index in [1.165, 1.54) is 50.6 Å². The second-order valence-electron chi connectivity index (χ2n) is 8.17. The van der Waals surface area contributed by atoms with Crippen molar-refractivity contribution in [3.05, 3.63) is 54.1 Å². The first kappa shape index (κ1) is 31.0. The molecule has 1 amide bonds. The molecule has 1 saturated heterocycles. The summed E-state index contributed by atoms with van der Waals surface area (Å²) in [4.78, 5) is 32.9. The lowest BCUT2D eigenvalue weighted by Gasteiger charge is -2.26. The van der Waals surface area contributed by atoms with Crippen molar-refractivity contribution in [1.29, 1.82) is 0 Å². The van der Waals surface area contributed by atoms with Gasteiger partial charge in [-0.25, -0.2) is 9.59 Å². The molecular formula is C26H29F3N2O8. The van der Waals surface area contributed by atoms with E-state index in [1.54, 1.807) is 24.3 Å². The van der Waals surface area contributed by atoms with E-state index in [1.807, 2.05) is 0 Å². The number of piperidine rings is 1. The summed E-state index contributed by atoms with van der Waals surface area (Å²) in [5.74, 6) is -3.50. The molecule has 0 atom stereocenters. The molecule has 1 fully saturated rings. The number of carboxylic acids is 2. The predicted octanol–water partition coefficient (Wildman–Crippen LogP) is 4.27. The minimum atomic E-state index is -4.82. The molecule has 0 saturated carbocycles. The number of nitrogens with one attached hydrogen (secondary N) is 1. The van der Waals surface area contributed by atoms with E-state index in [2.05, 4.69) is 15.0 Å². The lowest BCUT2D eigenvalue weighted by Crippen LogP contribution is -2.33. The maximum absolute atomic E-state index is 12.6. The molecule has 0 aromatic heterocycles. The van der Waals surface area contributed by atoms with Crippen molar-refractivity contribution in [2.75, 3.05) is 38.7 Å². The van der Waals surface area contributed by atoms with Gasteiger partial charge in [0.2, 0.25) is 5.91 Å². The van der Waals surface area contributed by atoms with Gasteiger partial charge in [-0.3, -0.25) is 9.69 Å². The molecule has 0 radical (unpaired) electrons. The fourth-order valence-electron chi connectivity index (χ4n) is 3.51. The summed E-state index contributed by atoms with van der Waals surface area (Å²) in [6.07, 6.45) is 1.25. The number of methoxy groups -OCH3 is 1. The zero-order chi connectivity index (χ0) is 28.8. The summed E-state index contributed by atoms with van der Waals surface area (Å²) in [6, 6.07) is 10.6. The molecule has 39 heavy (non-hydrogen) atoms. The number of carboxylic acid groups (broad SMARTS) is 2. The third-order valence-electron chi connectivity index (χ3n) is 5.25. The summed E-state index contributed by atoms with van der Waals surface area (Å²) in [5, 5.41) is 17.5. The highest BCUT2D eigenvalue weighted by Gasteiger charge is 2.31. The number of para-hydroxylation sites is 1. The van der Waals surface area contributed by atoms with Crippen molar-refractivity contribution < 1.29 is 52.0 Å². The highest BCUT2D eigenvalue weighted by atomic mass is 19.4. The Labute approximate surface area is 222 Å². The highest BCUT2D eigenvalue weighted by molar-refractivity contribution is 6.27. The molecule has 1 heterocycles. The van der Waals surface area contributed by atoms with Gasteiger partial charge in [-0.2, -0.15) is 0 Å². The number of hydrogen-bond donors (Lipinski definition) is 3. The number of rotatable bonds is 9. The maximum atomic E-state index is 12.6. The SMILES string of the molecule is COc1cc(NC(=O)/C=C/c2ccccc2OC(F)(F)F)cc(OCCN2CCCCC2)c1.O=C(O)C(=O)O. The van der Waals surface area contributed by atoms with Crippen LogP contribution in [0.4, 0.5) is 18.9 Å². The Morgan fingerprint density at radius 1 is 1.00 bits per heavy atom. The van der Waals surface area contributed by atoms with Crippen LogP contribution in [0.3, 0.4) is 0 Å². The molecule has 212 valence electrons. The Bertz CT molecular complexity index is 1140. The van der Waals surface area contributed by atoms with Gasteiger partial charge in [-0.1, -0.05) is 24.6 Å². The van der Waals surface area contributed by atoms with Gasteiger partial charge in [0, 0.05) is 42.1 Å². The minimum absolute atomic E-state index is 0.123. The van der Waals surface area contributed by atoms with Crippen LogP contribution < -0.4 is 19.5 Å². The number of carbonyl (C=O) groups is 3. The van der Waals surface area contributed by atoms with Gasteiger partial charge in [-0.15, -0.1) is 13.2 Å². The predicted molar refractivity (Wildman–Crippen MR) is 135 cm³/mol. The number of nitrogens with zero attached hydrogens (tertiary/aromatic N) is 1. The average Bonchev–Trinajstić information content (AvgIpc) is 2.88. The standard InChI is InChI=1S/C24H27F3N2O4.C2H2O4/c1-31-20-15-19(16-21(17-20)32-14-13-29-11-5-2-6-12-29)28-23(30)10-9-18-7-3-4-8-22(18)33-24(25,26)27;3-1(4)2(5)6/h3-4,7-10,15-17H,2,5-6,11-14H2,1H3,(H,28,30);(H,3,4)(H,5,6)/b10-9+;. The Hall–Kier alpha value is -4.26. The molecule has 0 spiro atoms. The van der Waals surface area contributed by atoms with Gasteiger partial charge < -0.3 is 29.7 Å². The molecule has 2 aromatic carbocycles. The molecule has 0 aliphatic carbocycles. The third kappa shape index (κ3) is 12.2. The van der Waals surface area contributed by atoms with E-state index in [0.717, 1.165) is 25.7 Å². The molecule has 0 bridgehead atoms. The van der Waals surface area contributed by atoms with E-state index in [-0.39, 0.29) is 11.3 Å². The van der Waals surface area contributed by atoms with E-state index in [0.29, 0.717) is 23.8 Å². The second-order valence-corrected chi connectivity index (χ2v) is 8.17. The highest BCUT2D eigenvalue weighted by Crippen LogP contribution is 2.28. The second kappa shape index (κ2) is 15.2. The first-order chi connectivity index (χ1) is 18.5. The van der Waals surface area contributed by atoms with Gasteiger partial charge in [0.1, 0.15) is 23.9 Å². The van der Waals surface area contributed by atoms with Crippen LogP contribution in [0.25, 0.3) is 6.08 Å². The lowest BCUT2D eigenvalue weighted by molar-refractivity contribution is -0.274. The van der Waals surface area contributed by atoms with E-state index < -0.39 is 24.2 Å². The van der Waals surface area contributed by atoms with Gasteiger partial charge >= 0.3 is 18.3 Å². The van der Waals surface area contributed by atoms with Crippen LogP contribution in [0.1, 0.15) is 24.8 Å². The van der Waals surface area contributed by atoms with E-state index >= 15 is 0 Å². The molecular weight excluding hydrogens is 525 g/mol. The van der Waals surface area contributed by atoms with Crippen LogP contribution in [0.15, 0.2) is 48.5 Å². The molecule has 3 rings (SSSR count). The van der Waals surface area contributed by atoms with Gasteiger partial charge in [-0.05, 0) is 38.1 Å². The first-order valence-corrected chi connectivity index (χ1v) is 11.8. The number of alkyl halides is 3. The van der Waals surface area contributed by atoms with Crippen molar-refractivity contribution in [3.8, 4) is 17.2 Å². The van der Waals surface area contributed by atoms with Crippen molar-refractivity contribution >= 4 is 29.6 Å². The zero-order valence-electron chi connectivity index (χ0n) is 21.1. The summed E-state index contributed by atoms with van der Waals surface area (Å²) < 4.78 is 52.8. The number of carbonyl (C=O) groups excluding carboxylic acids is 1. The average molecular weight is 555 g/mol. The number of likely N-dealkylation sites (tertiary alicyclic amines) is 1. The van der Waals surface area contributed by atoms with Crippen LogP contribution in [0.2, 0.25) is 0 Å². The first-order valence-electron chi connectivity index (χ1n) is 11.8. The summed E-state index contributed by atoms with van der Waals surface area (Å²) in [5.41, 5.74) is 0.564. The fraction of sp³-hybridized carbons (Fsp3) is 0.346. The smallest absolute Gasteiger partial charge is 0.497 e. The molecule has 10 nitrogen and oxygen atoms in total. The maximum Gasteiger partial charge on any atom is 0.573 e. The fourth-order valence-corrected chi connectivity index (χ4v) is 3.51. The molecule has 3 N–H and O–H groups in total. The van der Waals surface area contributed by atoms with Gasteiger partial charge in [0.05, 0.1) is 7.11 Å². The monoisotopic (exact) mass is 554 g/mol. The summed E-state index contributed by atoms with van der Waals surface area (Å²) in [7, 11) is 1.51. The van der Waals surface area contributed by atoms with Crippen LogP contribution in [-0.2, 0) is 14.4 Å². The Morgan fingerprint density at radius 2 is 1.64 bits per heavy atom. The summed E-state index contributed by atoms with van der Waals surface area (Å²) in [6.45, 7) is 3.48. The number of halogens is 3. The minimum Gasteiger partial charge on any atom is -0.497 e. The van der Waals surface area contributed by atoms with Crippen LogP contribution >= 0.6 is 0 Å². The number of anilines is 1. The number of ether oxygens (including phenoxy) is 3. The van der Waals surface area contributed by atoms with Crippen molar-refractivity contribution in [3.63, 3.8) is 0 Å². The third-order valence-corrected chi connectivity index (χ3v) is 5.25. The van der Waals surface area contributed by atoms with Crippen molar-refractivity contribution in [2.45, 2.75) is 25.6 Å². The number of aliphatic carboxylic acids is 2. The number of benzene rings is 2. The van der Waals surface area contributed by atoms with Gasteiger partial charge in [0.25, 0.3) is 0 Å². The normalized spacial score (nSPS) is 13.6. The largest absolute Gasteiger partial charge is 0.573 e. The topological polar surface area (TPSA) is 135 Å². The molecule has 2 aromatic rings. The number of hydrogen-bond acceptors (Lipinski definition) is 7. The zero-order valence-corrected chi connectivity index (χ0v) is 21.1. The molecule has 1 aliphatic rings. The van der Waals surface area contributed by atoms with Gasteiger partial charge in [0.15, 0.2) is 0 Å². The van der Waals surface area contributed by atoms with E-state index in [4.69, 9.17) is 29.3 Å². The van der Waals surface area contributed by atoms with Crippen LogP contribution in [0.5, 0.6) is 17.2 Å². The molecule has 0 unspecified atom stereocenters.